The lowest BCUT2D eigenvalue weighted by molar-refractivity contribution is -0.139. The molecular formula is C14H20O3. The highest BCUT2D eigenvalue weighted by molar-refractivity contribution is 5.77. The summed E-state index contributed by atoms with van der Waals surface area (Å²) in [6.45, 7) is 5.88. The molecule has 3 nitrogen and oxygen atoms in total. The molecule has 1 rings (SSSR count). The first-order chi connectivity index (χ1) is 8.01. The topological polar surface area (TPSA) is 46.5 Å². The first kappa shape index (κ1) is 13.6. The number of benzene rings is 1. The molecule has 94 valence electrons. The van der Waals surface area contributed by atoms with Crippen molar-refractivity contribution in [3.05, 3.63) is 29.3 Å². The standard InChI is InChI=1S/C14H20O3/c1-5-10-6-7-12(17-4)11(8-10)13(9(2)3)14(15)16/h6-9,13H,5H2,1-4H3,(H,15,16). The third-order valence-corrected chi connectivity index (χ3v) is 2.97. The molecule has 0 saturated carbocycles. The van der Waals surface area contributed by atoms with E-state index in [4.69, 9.17) is 4.74 Å². The van der Waals surface area contributed by atoms with Gasteiger partial charge in [0.25, 0.3) is 0 Å². The molecule has 1 unspecified atom stereocenters. The summed E-state index contributed by atoms with van der Waals surface area (Å²) < 4.78 is 5.26. The van der Waals surface area contributed by atoms with Crippen LogP contribution in [0.3, 0.4) is 0 Å². The van der Waals surface area contributed by atoms with E-state index in [-0.39, 0.29) is 5.92 Å². The normalized spacial score (nSPS) is 12.5. The van der Waals surface area contributed by atoms with Crippen molar-refractivity contribution in [3.63, 3.8) is 0 Å². The van der Waals surface area contributed by atoms with E-state index >= 15 is 0 Å². The number of carboxylic acids is 1. The summed E-state index contributed by atoms with van der Waals surface area (Å²) in [5.74, 6) is -0.625. The maximum atomic E-state index is 11.4. The van der Waals surface area contributed by atoms with Crippen LogP contribution in [0, 0.1) is 5.92 Å². The second-order valence-electron chi connectivity index (χ2n) is 4.49. The van der Waals surface area contributed by atoms with Gasteiger partial charge in [-0.05, 0) is 24.0 Å². The summed E-state index contributed by atoms with van der Waals surface area (Å²) in [6, 6.07) is 5.77. The summed E-state index contributed by atoms with van der Waals surface area (Å²) in [6.07, 6.45) is 0.890. The Kier molecular flexibility index (Phi) is 4.55. The summed E-state index contributed by atoms with van der Waals surface area (Å²) in [5.41, 5.74) is 1.90. The predicted octanol–water partition coefficient (Wildman–Crippen LogP) is 3.08. The van der Waals surface area contributed by atoms with Gasteiger partial charge in [-0.15, -0.1) is 0 Å². The van der Waals surface area contributed by atoms with Gasteiger partial charge in [0.05, 0.1) is 13.0 Å². The maximum Gasteiger partial charge on any atom is 0.311 e. The Labute approximate surface area is 102 Å². The zero-order valence-corrected chi connectivity index (χ0v) is 10.9. The van der Waals surface area contributed by atoms with Crippen molar-refractivity contribution in [1.82, 2.24) is 0 Å². The first-order valence-corrected chi connectivity index (χ1v) is 5.90. The minimum Gasteiger partial charge on any atom is -0.496 e. The average molecular weight is 236 g/mol. The molecule has 0 spiro atoms. The minimum atomic E-state index is -0.799. The molecule has 17 heavy (non-hydrogen) atoms. The third-order valence-electron chi connectivity index (χ3n) is 2.97. The molecule has 0 amide bonds. The molecule has 3 heteroatoms. The largest absolute Gasteiger partial charge is 0.496 e. The Balaban J connectivity index is 3.28. The number of ether oxygens (including phenoxy) is 1. The molecule has 1 aromatic carbocycles. The van der Waals surface area contributed by atoms with Crippen LogP contribution in [0.1, 0.15) is 37.8 Å². The van der Waals surface area contributed by atoms with Gasteiger partial charge in [0.2, 0.25) is 0 Å². The number of hydrogen-bond donors (Lipinski definition) is 1. The molecule has 0 aliphatic carbocycles. The predicted molar refractivity (Wildman–Crippen MR) is 67.6 cm³/mol. The van der Waals surface area contributed by atoms with E-state index in [1.54, 1.807) is 7.11 Å². The van der Waals surface area contributed by atoms with Crippen LogP contribution >= 0.6 is 0 Å². The van der Waals surface area contributed by atoms with Gasteiger partial charge in [-0.1, -0.05) is 32.9 Å². The second kappa shape index (κ2) is 5.71. The van der Waals surface area contributed by atoms with Gasteiger partial charge in [0.1, 0.15) is 5.75 Å². The monoisotopic (exact) mass is 236 g/mol. The minimum absolute atomic E-state index is 0.0357. The Morgan fingerprint density at radius 2 is 2.06 bits per heavy atom. The van der Waals surface area contributed by atoms with E-state index in [0.29, 0.717) is 5.75 Å². The van der Waals surface area contributed by atoms with Gasteiger partial charge in [0.15, 0.2) is 0 Å². The number of carboxylic acid groups (broad SMARTS) is 1. The molecule has 0 heterocycles. The van der Waals surface area contributed by atoms with Gasteiger partial charge >= 0.3 is 5.97 Å². The zero-order chi connectivity index (χ0) is 13.0. The van der Waals surface area contributed by atoms with Crippen LogP contribution in [-0.2, 0) is 11.2 Å². The number of aliphatic carboxylic acids is 1. The molecule has 0 fully saturated rings. The van der Waals surface area contributed by atoms with Crippen molar-refractivity contribution in [1.29, 1.82) is 0 Å². The van der Waals surface area contributed by atoms with Crippen LogP contribution in [0.25, 0.3) is 0 Å². The molecule has 1 atom stereocenters. The van der Waals surface area contributed by atoms with Crippen LogP contribution < -0.4 is 4.74 Å². The fourth-order valence-electron chi connectivity index (χ4n) is 2.02. The van der Waals surface area contributed by atoms with Gasteiger partial charge in [0, 0.05) is 5.56 Å². The van der Waals surface area contributed by atoms with Crippen molar-refractivity contribution in [2.75, 3.05) is 7.11 Å². The van der Waals surface area contributed by atoms with Crippen molar-refractivity contribution < 1.29 is 14.6 Å². The molecule has 0 bridgehead atoms. The summed E-state index contributed by atoms with van der Waals surface area (Å²) >= 11 is 0. The van der Waals surface area contributed by atoms with Gasteiger partial charge in [-0.25, -0.2) is 0 Å². The van der Waals surface area contributed by atoms with Crippen LogP contribution in [0.15, 0.2) is 18.2 Å². The van der Waals surface area contributed by atoms with Crippen molar-refractivity contribution in [3.8, 4) is 5.75 Å². The number of hydrogen-bond acceptors (Lipinski definition) is 2. The lowest BCUT2D eigenvalue weighted by atomic mass is 9.87. The van der Waals surface area contributed by atoms with E-state index in [1.165, 1.54) is 0 Å². The Bertz CT molecular complexity index is 396. The van der Waals surface area contributed by atoms with Crippen LogP contribution in [0.4, 0.5) is 0 Å². The van der Waals surface area contributed by atoms with Crippen molar-refractivity contribution in [2.24, 2.45) is 5.92 Å². The highest BCUT2D eigenvalue weighted by atomic mass is 16.5. The van der Waals surface area contributed by atoms with E-state index < -0.39 is 11.9 Å². The fraction of sp³-hybridized carbons (Fsp3) is 0.500. The van der Waals surface area contributed by atoms with E-state index in [2.05, 4.69) is 6.92 Å². The van der Waals surface area contributed by atoms with Crippen LogP contribution in [0.5, 0.6) is 5.75 Å². The number of methoxy groups -OCH3 is 1. The van der Waals surface area contributed by atoms with Crippen molar-refractivity contribution in [2.45, 2.75) is 33.1 Å². The summed E-state index contributed by atoms with van der Waals surface area (Å²) in [7, 11) is 1.57. The molecule has 0 aromatic heterocycles. The van der Waals surface area contributed by atoms with Crippen LogP contribution in [-0.4, -0.2) is 18.2 Å². The fourth-order valence-corrected chi connectivity index (χ4v) is 2.02. The molecule has 0 aliphatic rings. The second-order valence-corrected chi connectivity index (χ2v) is 4.49. The number of rotatable bonds is 5. The molecule has 1 N–H and O–H groups in total. The van der Waals surface area contributed by atoms with Gasteiger partial charge in [-0.2, -0.15) is 0 Å². The third kappa shape index (κ3) is 2.99. The molecular weight excluding hydrogens is 216 g/mol. The summed E-state index contributed by atoms with van der Waals surface area (Å²) in [4.78, 5) is 11.4. The van der Waals surface area contributed by atoms with E-state index in [9.17, 15) is 9.90 Å². The average Bonchev–Trinajstić information content (AvgIpc) is 2.28. The quantitative estimate of drug-likeness (QED) is 0.854. The van der Waals surface area contributed by atoms with Gasteiger partial charge < -0.3 is 9.84 Å². The molecule has 0 aliphatic heterocycles. The lowest BCUT2D eigenvalue weighted by Gasteiger charge is -2.20. The Morgan fingerprint density at radius 3 is 2.47 bits per heavy atom. The van der Waals surface area contributed by atoms with E-state index in [1.807, 2.05) is 32.0 Å². The molecule has 0 radical (unpaired) electrons. The Hall–Kier alpha value is -1.51. The highest BCUT2D eigenvalue weighted by Crippen LogP contribution is 2.33. The first-order valence-electron chi connectivity index (χ1n) is 5.90. The highest BCUT2D eigenvalue weighted by Gasteiger charge is 2.26. The SMILES string of the molecule is CCc1ccc(OC)c(C(C(=O)O)C(C)C)c1. The molecule has 0 saturated heterocycles. The number of carbonyl (C=O) groups is 1. The zero-order valence-electron chi connectivity index (χ0n) is 10.9. The maximum absolute atomic E-state index is 11.4. The lowest BCUT2D eigenvalue weighted by Crippen LogP contribution is -2.18. The van der Waals surface area contributed by atoms with E-state index in [0.717, 1.165) is 17.5 Å². The number of aryl methyl sites for hydroxylation is 1. The van der Waals surface area contributed by atoms with Crippen molar-refractivity contribution >= 4 is 5.97 Å². The van der Waals surface area contributed by atoms with Gasteiger partial charge in [-0.3, -0.25) is 4.79 Å². The summed E-state index contributed by atoms with van der Waals surface area (Å²) in [5, 5.41) is 9.33. The van der Waals surface area contributed by atoms with Crippen LogP contribution in [0.2, 0.25) is 0 Å². The Morgan fingerprint density at radius 1 is 1.41 bits per heavy atom. The molecule has 1 aromatic rings. The smallest absolute Gasteiger partial charge is 0.311 e.